The monoisotopic (exact) mass is 182 g/mol. The van der Waals surface area contributed by atoms with Crippen LogP contribution >= 0.6 is 0 Å². The van der Waals surface area contributed by atoms with Gasteiger partial charge in [0.1, 0.15) is 0 Å². The SMILES string of the molecule is CC1=C(C)C([CH]=[Ti+2])C(C)=C1C. The van der Waals surface area contributed by atoms with Gasteiger partial charge in [0.05, 0.1) is 0 Å². The molecule has 0 aromatic rings. The third kappa shape index (κ3) is 1.34. The van der Waals surface area contributed by atoms with Gasteiger partial charge >= 0.3 is 80.2 Å². The summed E-state index contributed by atoms with van der Waals surface area (Å²) in [6.45, 7) is 8.91. The zero-order valence-corrected chi connectivity index (χ0v) is 9.22. The molecule has 0 atom stereocenters. The summed E-state index contributed by atoms with van der Waals surface area (Å²) in [6.07, 6.45) is 0. The van der Waals surface area contributed by atoms with Crippen molar-refractivity contribution < 1.29 is 20.0 Å². The van der Waals surface area contributed by atoms with Crippen molar-refractivity contribution in [2.75, 3.05) is 0 Å². The van der Waals surface area contributed by atoms with E-state index < -0.39 is 0 Å². The Balaban J connectivity index is 3.14. The Labute approximate surface area is 80.3 Å². The second-order valence-electron chi connectivity index (χ2n) is 3.26. The van der Waals surface area contributed by atoms with E-state index in [0.717, 1.165) is 0 Å². The minimum absolute atomic E-state index is 0.620. The van der Waals surface area contributed by atoms with E-state index in [9.17, 15) is 0 Å². The molecule has 0 heterocycles. The van der Waals surface area contributed by atoms with Gasteiger partial charge in [-0.1, -0.05) is 0 Å². The molecule has 1 rings (SSSR count). The molecule has 0 N–H and O–H groups in total. The molecule has 0 aromatic carbocycles. The van der Waals surface area contributed by atoms with Gasteiger partial charge in [0.15, 0.2) is 0 Å². The second kappa shape index (κ2) is 3.20. The van der Waals surface area contributed by atoms with Gasteiger partial charge in [0.25, 0.3) is 0 Å². The molecule has 0 fully saturated rings. The van der Waals surface area contributed by atoms with Crippen LogP contribution in [0.25, 0.3) is 0 Å². The van der Waals surface area contributed by atoms with Gasteiger partial charge in [-0.25, -0.2) is 0 Å². The summed E-state index contributed by atoms with van der Waals surface area (Å²) in [5, 5.41) is 0. The fourth-order valence-electron chi connectivity index (χ4n) is 1.63. The van der Waals surface area contributed by atoms with E-state index in [2.05, 4.69) is 52.0 Å². The molecule has 0 aromatic heterocycles. The van der Waals surface area contributed by atoms with Crippen molar-refractivity contribution >= 4 is 4.31 Å². The van der Waals surface area contributed by atoms with Crippen LogP contribution in [0.3, 0.4) is 0 Å². The van der Waals surface area contributed by atoms with Crippen LogP contribution in [0.1, 0.15) is 27.7 Å². The molecule has 0 unspecified atom stereocenters. The Bertz CT molecular complexity index is 232. The van der Waals surface area contributed by atoms with Crippen LogP contribution in [0.2, 0.25) is 0 Å². The minimum atomic E-state index is 0.620. The zero-order chi connectivity index (χ0) is 8.59. The van der Waals surface area contributed by atoms with Crippen molar-refractivity contribution in [3.8, 4) is 0 Å². The van der Waals surface area contributed by atoms with Crippen LogP contribution in [-0.2, 0) is 20.0 Å². The van der Waals surface area contributed by atoms with Gasteiger partial charge in [-0.2, -0.15) is 0 Å². The van der Waals surface area contributed by atoms with Gasteiger partial charge in [-0.15, -0.1) is 0 Å². The van der Waals surface area contributed by atoms with E-state index in [1.54, 1.807) is 0 Å². The topological polar surface area (TPSA) is 0 Å². The van der Waals surface area contributed by atoms with Crippen molar-refractivity contribution in [1.29, 1.82) is 0 Å². The van der Waals surface area contributed by atoms with E-state index in [1.807, 2.05) is 0 Å². The Hall–Kier alpha value is 0.0643. The van der Waals surface area contributed by atoms with Crippen LogP contribution in [0.15, 0.2) is 22.3 Å². The molecule has 0 saturated heterocycles. The molecule has 0 spiro atoms. The van der Waals surface area contributed by atoms with Crippen LogP contribution in [0.5, 0.6) is 0 Å². The average Bonchev–Trinajstić information content (AvgIpc) is 2.17. The molecule has 0 saturated carbocycles. The first kappa shape index (κ1) is 9.15. The van der Waals surface area contributed by atoms with Gasteiger partial charge in [0, 0.05) is 0 Å². The molecule has 0 nitrogen and oxygen atoms in total. The second-order valence-corrected chi connectivity index (χ2v) is 3.78. The zero-order valence-electron chi connectivity index (χ0n) is 7.65. The summed E-state index contributed by atoms with van der Waals surface area (Å²) < 4.78 is 2.28. The molecular weight excluding hydrogens is 168 g/mol. The number of hydrogen-bond acceptors (Lipinski definition) is 0. The molecule has 0 radical (unpaired) electrons. The predicted octanol–water partition coefficient (Wildman–Crippen LogP) is 2.64. The fraction of sp³-hybridized carbons (Fsp3) is 0.500. The van der Waals surface area contributed by atoms with E-state index in [4.69, 9.17) is 0 Å². The molecule has 1 heteroatoms. The van der Waals surface area contributed by atoms with Crippen molar-refractivity contribution in [3.63, 3.8) is 0 Å². The van der Waals surface area contributed by atoms with E-state index in [0.29, 0.717) is 5.92 Å². The van der Waals surface area contributed by atoms with Crippen molar-refractivity contribution in [2.24, 2.45) is 5.92 Å². The van der Waals surface area contributed by atoms with E-state index >= 15 is 0 Å². The maximum absolute atomic E-state index is 2.28. The van der Waals surface area contributed by atoms with Gasteiger partial charge < -0.3 is 0 Å². The van der Waals surface area contributed by atoms with Gasteiger partial charge in [-0.3, -0.25) is 0 Å². The first-order valence-electron chi connectivity index (χ1n) is 3.95. The molecule has 0 amide bonds. The molecule has 11 heavy (non-hydrogen) atoms. The summed E-state index contributed by atoms with van der Waals surface area (Å²) in [5.41, 5.74) is 6.04. The Morgan fingerprint density at radius 3 is 1.55 bits per heavy atom. The Morgan fingerprint density at radius 2 is 1.36 bits per heavy atom. The summed E-state index contributed by atoms with van der Waals surface area (Å²) in [7, 11) is 0. The third-order valence-corrected chi connectivity index (χ3v) is 3.37. The summed E-state index contributed by atoms with van der Waals surface area (Å²) in [5.74, 6) is 0.620. The van der Waals surface area contributed by atoms with E-state index in [1.165, 1.54) is 22.3 Å². The first-order valence-corrected chi connectivity index (χ1v) is 4.85. The summed E-state index contributed by atoms with van der Waals surface area (Å²) in [6, 6.07) is 0. The third-order valence-electron chi connectivity index (χ3n) is 2.85. The molecule has 1 aliphatic rings. The quantitative estimate of drug-likeness (QED) is 0.547. The van der Waals surface area contributed by atoms with Gasteiger partial charge in [-0.05, 0) is 0 Å². The van der Waals surface area contributed by atoms with Crippen LogP contribution in [0.4, 0.5) is 0 Å². The maximum atomic E-state index is 2.28. The normalized spacial score (nSPS) is 20.2. The molecular formula is C10H14Ti+2. The van der Waals surface area contributed by atoms with Crippen molar-refractivity contribution in [3.05, 3.63) is 22.3 Å². The van der Waals surface area contributed by atoms with Crippen molar-refractivity contribution in [1.82, 2.24) is 0 Å². The number of hydrogen-bond donors (Lipinski definition) is 0. The van der Waals surface area contributed by atoms with Crippen LogP contribution < -0.4 is 0 Å². The van der Waals surface area contributed by atoms with Crippen LogP contribution in [-0.4, -0.2) is 4.31 Å². The Kier molecular flexibility index (Phi) is 2.67. The molecule has 1 aliphatic carbocycles. The molecule has 56 valence electrons. The van der Waals surface area contributed by atoms with Crippen LogP contribution in [0, 0.1) is 5.92 Å². The van der Waals surface area contributed by atoms with Crippen molar-refractivity contribution in [2.45, 2.75) is 27.7 Å². The first-order chi connectivity index (χ1) is 5.09. The molecule has 0 aliphatic heterocycles. The molecule has 0 bridgehead atoms. The summed E-state index contributed by atoms with van der Waals surface area (Å²) in [4.78, 5) is 0. The summed E-state index contributed by atoms with van der Waals surface area (Å²) >= 11 is 2.14. The number of allylic oxidation sites excluding steroid dienone is 4. The average molecular weight is 182 g/mol. The standard InChI is InChI=1S/C10H14.Ti/c1-6-7(2)9(4)10(5)8(6)3;/h1,6H,2-5H3;/q;+2. The predicted molar refractivity (Wildman–Crippen MR) is 46.3 cm³/mol. The van der Waals surface area contributed by atoms with E-state index in [-0.39, 0.29) is 0 Å². The number of rotatable bonds is 1. The Morgan fingerprint density at radius 1 is 1.00 bits per heavy atom. The van der Waals surface area contributed by atoms with Gasteiger partial charge in [0.2, 0.25) is 0 Å². The fourth-order valence-corrected chi connectivity index (χ4v) is 2.41.